The van der Waals surface area contributed by atoms with Gasteiger partial charge in [-0.05, 0) is 12.8 Å². The van der Waals surface area contributed by atoms with E-state index in [1.54, 1.807) is 7.11 Å². The van der Waals surface area contributed by atoms with Crippen LogP contribution in [0.1, 0.15) is 38.5 Å². The molecule has 0 rings (SSSR count). The minimum atomic E-state index is -0.400. The second-order valence-electron chi connectivity index (χ2n) is 4.15. The highest BCUT2D eigenvalue weighted by Crippen LogP contribution is 2.05. The van der Waals surface area contributed by atoms with Crippen LogP contribution >= 0.6 is 0 Å². The van der Waals surface area contributed by atoms with E-state index in [-0.39, 0.29) is 12.6 Å². The molecule has 0 radical (unpaired) electrons. The molecule has 0 atom stereocenters. The van der Waals surface area contributed by atoms with Crippen molar-refractivity contribution < 1.29 is 23.8 Å². The molecule has 19 heavy (non-hydrogen) atoms. The average Bonchev–Trinajstić information content (AvgIpc) is 2.41. The summed E-state index contributed by atoms with van der Waals surface area (Å²) >= 11 is 0. The fourth-order valence-corrected chi connectivity index (χ4v) is 1.49. The summed E-state index contributed by atoms with van der Waals surface area (Å²) < 4.78 is 14.2. The molecule has 0 heterocycles. The van der Waals surface area contributed by atoms with Gasteiger partial charge in [-0.25, -0.2) is 4.79 Å². The van der Waals surface area contributed by atoms with Crippen molar-refractivity contribution in [2.75, 3.05) is 34.0 Å². The Morgan fingerprint density at radius 3 is 2.32 bits per heavy atom. The molecule has 0 unspecified atom stereocenters. The Kier molecular flexibility index (Phi) is 12.2. The zero-order valence-electron chi connectivity index (χ0n) is 11.9. The summed E-state index contributed by atoms with van der Waals surface area (Å²) in [5, 5.41) is 2.67. The van der Waals surface area contributed by atoms with E-state index in [0.29, 0.717) is 19.6 Å². The topological polar surface area (TPSA) is 73.9 Å². The van der Waals surface area contributed by atoms with E-state index >= 15 is 0 Å². The molecule has 0 bridgehead atoms. The first-order valence-corrected chi connectivity index (χ1v) is 6.67. The van der Waals surface area contributed by atoms with E-state index in [1.807, 2.05) is 0 Å². The number of hydrogen-bond donors (Lipinski definition) is 1. The average molecular weight is 275 g/mol. The monoisotopic (exact) mass is 275 g/mol. The van der Waals surface area contributed by atoms with Crippen LogP contribution in [-0.4, -0.2) is 46.0 Å². The number of carbonyl (C=O) groups is 2. The number of carbonyl (C=O) groups excluding carboxylic acids is 2. The number of ether oxygens (including phenoxy) is 3. The molecule has 0 saturated heterocycles. The van der Waals surface area contributed by atoms with E-state index < -0.39 is 6.09 Å². The van der Waals surface area contributed by atoms with Crippen LogP contribution in [0, 0.1) is 0 Å². The number of hydrogen-bond acceptors (Lipinski definition) is 5. The van der Waals surface area contributed by atoms with Gasteiger partial charge in [-0.2, -0.15) is 0 Å². The minimum Gasteiger partial charge on any atom is -0.469 e. The maximum absolute atomic E-state index is 11.1. The quantitative estimate of drug-likeness (QED) is 0.460. The lowest BCUT2D eigenvalue weighted by Gasteiger charge is -2.06. The zero-order chi connectivity index (χ0) is 14.3. The van der Waals surface area contributed by atoms with Gasteiger partial charge in [-0.15, -0.1) is 0 Å². The molecule has 0 aromatic heterocycles. The smallest absolute Gasteiger partial charge is 0.407 e. The van der Waals surface area contributed by atoms with Crippen molar-refractivity contribution in [3.05, 3.63) is 0 Å². The van der Waals surface area contributed by atoms with Crippen molar-refractivity contribution in [3.8, 4) is 0 Å². The number of nitrogens with one attached hydrogen (secondary N) is 1. The SMILES string of the molecule is COCCOC(=O)NCCCCCCCC(=O)OC. The lowest BCUT2D eigenvalue weighted by Crippen LogP contribution is -2.26. The van der Waals surface area contributed by atoms with Crippen molar-refractivity contribution >= 4 is 12.1 Å². The lowest BCUT2D eigenvalue weighted by molar-refractivity contribution is -0.140. The van der Waals surface area contributed by atoms with Crippen LogP contribution in [-0.2, 0) is 19.0 Å². The van der Waals surface area contributed by atoms with Crippen molar-refractivity contribution in [2.24, 2.45) is 0 Å². The number of esters is 1. The van der Waals surface area contributed by atoms with Gasteiger partial charge < -0.3 is 19.5 Å². The Hall–Kier alpha value is -1.30. The molecule has 0 aliphatic heterocycles. The van der Waals surface area contributed by atoms with Crippen molar-refractivity contribution in [3.63, 3.8) is 0 Å². The first kappa shape index (κ1) is 17.7. The van der Waals surface area contributed by atoms with Gasteiger partial charge in [0.05, 0.1) is 13.7 Å². The van der Waals surface area contributed by atoms with Crippen LogP contribution < -0.4 is 5.32 Å². The zero-order valence-corrected chi connectivity index (χ0v) is 11.9. The molecular formula is C13H25NO5. The Bertz CT molecular complexity index is 245. The molecule has 0 aliphatic carbocycles. The highest BCUT2D eigenvalue weighted by molar-refractivity contribution is 5.69. The van der Waals surface area contributed by atoms with Crippen molar-refractivity contribution in [2.45, 2.75) is 38.5 Å². The molecule has 0 saturated carbocycles. The molecule has 112 valence electrons. The molecule has 0 fully saturated rings. The molecule has 0 aliphatic rings. The third-order valence-electron chi connectivity index (χ3n) is 2.58. The summed E-state index contributed by atoms with van der Waals surface area (Å²) in [6.07, 6.45) is 4.95. The van der Waals surface area contributed by atoms with Gasteiger partial charge in [0, 0.05) is 20.1 Å². The van der Waals surface area contributed by atoms with E-state index in [2.05, 4.69) is 10.1 Å². The number of unbranched alkanes of at least 4 members (excludes halogenated alkanes) is 4. The molecular weight excluding hydrogens is 250 g/mol. The molecule has 1 amide bonds. The Morgan fingerprint density at radius 1 is 0.947 bits per heavy atom. The molecule has 0 aromatic carbocycles. The van der Waals surface area contributed by atoms with E-state index in [9.17, 15) is 9.59 Å². The summed E-state index contributed by atoms with van der Waals surface area (Å²) in [6.45, 7) is 1.30. The lowest BCUT2D eigenvalue weighted by atomic mass is 10.1. The van der Waals surface area contributed by atoms with Crippen LogP contribution in [0.25, 0.3) is 0 Å². The molecule has 6 heteroatoms. The van der Waals surface area contributed by atoms with E-state index in [1.165, 1.54) is 7.11 Å². The third kappa shape index (κ3) is 12.9. The normalized spacial score (nSPS) is 10.0. The fourth-order valence-electron chi connectivity index (χ4n) is 1.49. The summed E-state index contributed by atoms with van der Waals surface area (Å²) in [7, 11) is 2.96. The highest BCUT2D eigenvalue weighted by Gasteiger charge is 2.01. The number of rotatable bonds is 11. The minimum absolute atomic E-state index is 0.152. The highest BCUT2D eigenvalue weighted by atomic mass is 16.6. The van der Waals surface area contributed by atoms with Crippen LogP contribution in [0.4, 0.5) is 4.79 Å². The fraction of sp³-hybridized carbons (Fsp3) is 0.846. The predicted molar refractivity (Wildman–Crippen MR) is 70.9 cm³/mol. The standard InChI is InChI=1S/C13H25NO5/c1-17-10-11-19-13(16)14-9-7-5-3-4-6-8-12(15)18-2/h3-11H2,1-2H3,(H,14,16). The predicted octanol–water partition coefficient (Wildman–Crippen LogP) is 1.87. The summed E-state index contributed by atoms with van der Waals surface area (Å²) in [4.78, 5) is 22.0. The van der Waals surface area contributed by atoms with E-state index in [4.69, 9.17) is 9.47 Å². The third-order valence-corrected chi connectivity index (χ3v) is 2.58. The molecule has 1 N–H and O–H groups in total. The first-order chi connectivity index (χ1) is 9.20. The van der Waals surface area contributed by atoms with Crippen LogP contribution in [0.2, 0.25) is 0 Å². The first-order valence-electron chi connectivity index (χ1n) is 6.67. The Balaban J connectivity index is 3.18. The maximum Gasteiger partial charge on any atom is 0.407 e. The summed E-state index contributed by atoms with van der Waals surface area (Å²) in [6, 6.07) is 0. The van der Waals surface area contributed by atoms with Gasteiger partial charge in [0.2, 0.25) is 0 Å². The van der Waals surface area contributed by atoms with Gasteiger partial charge in [-0.3, -0.25) is 4.79 Å². The van der Waals surface area contributed by atoms with Gasteiger partial charge >= 0.3 is 12.1 Å². The summed E-state index contributed by atoms with van der Waals surface area (Å²) in [5.41, 5.74) is 0. The Morgan fingerprint density at radius 2 is 1.63 bits per heavy atom. The maximum atomic E-state index is 11.1. The van der Waals surface area contributed by atoms with Crippen LogP contribution in [0.15, 0.2) is 0 Å². The van der Waals surface area contributed by atoms with Crippen molar-refractivity contribution in [1.29, 1.82) is 0 Å². The molecule has 0 spiro atoms. The van der Waals surface area contributed by atoms with Crippen molar-refractivity contribution in [1.82, 2.24) is 5.32 Å². The van der Waals surface area contributed by atoms with Crippen LogP contribution in [0.3, 0.4) is 0 Å². The summed E-state index contributed by atoms with van der Waals surface area (Å²) in [5.74, 6) is -0.152. The molecule has 0 aromatic rings. The second-order valence-corrected chi connectivity index (χ2v) is 4.15. The van der Waals surface area contributed by atoms with Crippen LogP contribution in [0.5, 0.6) is 0 Å². The van der Waals surface area contributed by atoms with Gasteiger partial charge in [0.25, 0.3) is 0 Å². The van der Waals surface area contributed by atoms with Gasteiger partial charge in [-0.1, -0.05) is 19.3 Å². The van der Waals surface area contributed by atoms with Gasteiger partial charge in [0.1, 0.15) is 6.61 Å². The number of amides is 1. The van der Waals surface area contributed by atoms with E-state index in [0.717, 1.165) is 32.1 Å². The second kappa shape index (κ2) is 13.1. The van der Waals surface area contributed by atoms with Gasteiger partial charge in [0.15, 0.2) is 0 Å². The number of alkyl carbamates (subject to hydrolysis) is 1. The largest absolute Gasteiger partial charge is 0.469 e. The number of methoxy groups -OCH3 is 2. The molecule has 6 nitrogen and oxygen atoms in total. The Labute approximate surface area is 114 Å².